The van der Waals surface area contributed by atoms with Gasteiger partial charge in [0, 0.05) is 6.20 Å². The van der Waals surface area contributed by atoms with E-state index in [1.54, 1.807) is 6.07 Å². The zero-order valence-corrected chi connectivity index (χ0v) is 5.48. The van der Waals surface area contributed by atoms with Crippen LogP contribution in [-0.4, -0.2) is 20.1 Å². The van der Waals surface area contributed by atoms with Crippen LogP contribution in [0.5, 0.6) is 0 Å². The molecule has 0 spiro atoms. The van der Waals surface area contributed by atoms with Gasteiger partial charge >= 0.3 is 0 Å². The van der Waals surface area contributed by atoms with Crippen molar-refractivity contribution in [3.8, 4) is 0 Å². The third-order valence-corrected chi connectivity index (χ3v) is 1.43. The molecule has 0 fully saturated rings. The zero-order valence-electron chi connectivity index (χ0n) is 5.48. The van der Waals surface area contributed by atoms with Gasteiger partial charge in [-0.25, -0.2) is 0 Å². The van der Waals surface area contributed by atoms with Gasteiger partial charge in [0.15, 0.2) is 0 Å². The number of rotatable bonds is 0. The van der Waals surface area contributed by atoms with E-state index in [1.807, 2.05) is 0 Å². The van der Waals surface area contributed by atoms with Crippen LogP contribution >= 0.6 is 0 Å². The van der Waals surface area contributed by atoms with Crippen LogP contribution in [-0.2, 0) is 0 Å². The molecule has 2 aromatic rings. The van der Waals surface area contributed by atoms with Crippen molar-refractivity contribution >= 4 is 10.9 Å². The fraction of sp³-hybridized carbons (Fsp3) is 0. The molecule has 5 nitrogen and oxygen atoms in total. The maximum atomic E-state index is 11.0. The van der Waals surface area contributed by atoms with E-state index in [0.717, 1.165) is 0 Å². The van der Waals surface area contributed by atoms with Crippen LogP contribution in [0.2, 0.25) is 0 Å². The predicted octanol–water partition coefficient (Wildman–Crippen LogP) is -0.0381. The smallest absolute Gasteiger partial charge is 0.259 e. The number of aromatic nitrogens is 3. The van der Waals surface area contributed by atoms with Gasteiger partial charge in [-0.15, -0.1) is 9.94 Å². The number of H-pyrrole nitrogens is 1. The Morgan fingerprint density at radius 3 is 3.18 bits per heavy atom. The topological polar surface area (TPSA) is 70.9 Å². The lowest BCUT2D eigenvalue weighted by Crippen LogP contribution is -2.02. The minimum atomic E-state index is -0.247. The van der Waals surface area contributed by atoms with Gasteiger partial charge in [0.25, 0.3) is 5.56 Å². The monoisotopic (exact) mass is 151 g/mol. The summed E-state index contributed by atoms with van der Waals surface area (Å²) in [6, 6.07) is 1.61. The number of aromatic amines is 1. The number of pyridine rings is 1. The second-order valence-electron chi connectivity index (χ2n) is 2.16. The molecule has 0 amide bonds. The van der Waals surface area contributed by atoms with Crippen molar-refractivity contribution in [1.29, 1.82) is 0 Å². The maximum Gasteiger partial charge on any atom is 0.259 e. The van der Waals surface area contributed by atoms with Crippen molar-refractivity contribution in [2.75, 3.05) is 0 Å². The van der Waals surface area contributed by atoms with E-state index in [9.17, 15) is 4.79 Å². The SMILES string of the molecule is O=c1[nH]ccc2nn(O)cc12. The van der Waals surface area contributed by atoms with Gasteiger partial charge < -0.3 is 10.2 Å². The van der Waals surface area contributed by atoms with E-state index in [0.29, 0.717) is 15.7 Å². The van der Waals surface area contributed by atoms with Gasteiger partial charge in [0.2, 0.25) is 0 Å². The van der Waals surface area contributed by atoms with Crippen molar-refractivity contribution in [1.82, 2.24) is 14.9 Å². The van der Waals surface area contributed by atoms with Gasteiger partial charge in [-0.3, -0.25) is 4.79 Å². The molecule has 0 atom stereocenters. The van der Waals surface area contributed by atoms with Crippen LogP contribution in [0.1, 0.15) is 0 Å². The summed E-state index contributed by atoms with van der Waals surface area (Å²) in [6.07, 6.45) is 2.74. The van der Waals surface area contributed by atoms with E-state index in [1.165, 1.54) is 12.4 Å². The standard InChI is InChI=1S/C6H5N3O2/c10-6-4-3-9(11)8-5(4)1-2-7-6/h1-3,11H,(H,7,10). The van der Waals surface area contributed by atoms with Crippen molar-refractivity contribution < 1.29 is 5.21 Å². The molecule has 0 aromatic carbocycles. The fourth-order valence-corrected chi connectivity index (χ4v) is 0.947. The molecule has 2 aromatic heterocycles. The first-order valence-corrected chi connectivity index (χ1v) is 3.04. The first kappa shape index (κ1) is 5.96. The average molecular weight is 151 g/mol. The highest BCUT2D eigenvalue weighted by Crippen LogP contribution is 2.02. The molecular weight excluding hydrogens is 146 g/mol. The van der Waals surface area contributed by atoms with Crippen LogP contribution in [0.3, 0.4) is 0 Å². The lowest BCUT2D eigenvalue weighted by atomic mass is 10.3. The summed E-state index contributed by atoms with van der Waals surface area (Å²) in [7, 11) is 0. The Morgan fingerprint density at radius 2 is 2.45 bits per heavy atom. The summed E-state index contributed by atoms with van der Waals surface area (Å²) in [5, 5.41) is 12.8. The lowest BCUT2D eigenvalue weighted by Gasteiger charge is -1.81. The van der Waals surface area contributed by atoms with E-state index < -0.39 is 0 Å². The van der Waals surface area contributed by atoms with Crippen LogP contribution in [0, 0.1) is 0 Å². The van der Waals surface area contributed by atoms with Crippen LogP contribution < -0.4 is 5.56 Å². The fourth-order valence-electron chi connectivity index (χ4n) is 0.947. The minimum Gasteiger partial charge on any atom is -0.412 e. The molecular formula is C6H5N3O2. The number of fused-ring (bicyclic) bond motifs is 1. The molecule has 0 aliphatic heterocycles. The minimum absolute atomic E-state index is 0.247. The van der Waals surface area contributed by atoms with Gasteiger partial charge in [-0.05, 0) is 6.07 Å². The summed E-state index contributed by atoms with van der Waals surface area (Å²) in [5.41, 5.74) is 0.235. The Balaban J connectivity index is 3.02. The zero-order chi connectivity index (χ0) is 7.84. The van der Waals surface area contributed by atoms with Gasteiger partial charge in [0.1, 0.15) is 5.52 Å². The van der Waals surface area contributed by atoms with Crippen LogP contribution in [0.15, 0.2) is 23.3 Å². The Morgan fingerprint density at radius 1 is 1.64 bits per heavy atom. The predicted molar refractivity (Wildman–Crippen MR) is 37.5 cm³/mol. The quantitative estimate of drug-likeness (QED) is 0.519. The molecule has 5 heteroatoms. The van der Waals surface area contributed by atoms with E-state index in [4.69, 9.17) is 5.21 Å². The van der Waals surface area contributed by atoms with Crippen molar-refractivity contribution in [3.05, 3.63) is 28.8 Å². The van der Waals surface area contributed by atoms with Crippen molar-refractivity contribution in [2.45, 2.75) is 0 Å². The van der Waals surface area contributed by atoms with Crippen molar-refractivity contribution in [2.24, 2.45) is 0 Å². The summed E-state index contributed by atoms with van der Waals surface area (Å²) >= 11 is 0. The summed E-state index contributed by atoms with van der Waals surface area (Å²) in [5.74, 6) is 0. The Hall–Kier alpha value is -1.78. The van der Waals surface area contributed by atoms with Crippen LogP contribution in [0.4, 0.5) is 0 Å². The highest BCUT2D eigenvalue weighted by atomic mass is 16.5. The Bertz CT molecular complexity index is 442. The average Bonchev–Trinajstić information content (AvgIpc) is 2.31. The van der Waals surface area contributed by atoms with E-state index in [2.05, 4.69) is 10.1 Å². The Labute approximate surface area is 60.8 Å². The number of nitrogens with zero attached hydrogens (tertiary/aromatic N) is 2. The Kier molecular flexibility index (Phi) is 1.00. The third-order valence-electron chi connectivity index (χ3n) is 1.43. The number of nitrogens with one attached hydrogen (secondary N) is 1. The number of hydrogen-bond donors (Lipinski definition) is 2. The normalized spacial score (nSPS) is 10.5. The van der Waals surface area contributed by atoms with Crippen molar-refractivity contribution in [3.63, 3.8) is 0 Å². The molecule has 56 valence electrons. The summed E-state index contributed by atoms with van der Waals surface area (Å²) < 4.78 is 0. The van der Waals surface area contributed by atoms with Crippen LogP contribution in [0.25, 0.3) is 10.9 Å². The molecule has 0 aliphatic carbocycles. The molecule has 0 unspecified atom stereocenters. The highest BCUT2D eigenvalue weighted by Gasteiger charge is 2.00. The van der Waals surface area contributed by atoms with E-state index >= 15 is 0 Å². The summed E-state index contributed by atoms with van der Waals surface area (Å²) in [4.78, 5) is 14.1. The largest absolute Gasteiger partial charge is 0.412 e. The van der Waals surface area contributed by atoms with Gasteiger partial charge in [-0.1, -0.05) is 0 Å². The second-order valence-corrected chi connectivity index (χ2v) is 2.16. The molecule has 11 heavy (non-hydrogen) atoms. The first-order valence-electron chi connectivity index (χ1n) is 3.04. The highest BCUT2D eigenvalue weighted by molar-refractivity contribution is 5.76. The molecule has 2 heterocycles. The maximum absolute atomic E-state index is 11.0. The lowest BCUT2D eigenvalue weighted by molar-refractivity contribution is 0.151. The summed E-state index contributed by atoms with van der Waals surface area (Å²) in [6.45, 7) is 0. The first-order chi connectivity index (χ1) is 5.27. The van der Waals surface area contributed by atoms with Gasteiger partial charge in [0.05, 0.1) is 11.6 Å². The molecule has 0 saturated heterocycles. The second kappa shape index (κ2) is 1.85. The molecule has 2 N–H and O–H groups in total. The molecule has 0 aliphatic rings. The van der Waals surface area contributed by atoms with E-state index in [-0.39, 0.29) is 5.56 Å². The molecule has 0 radical (unpaired) electrons. The molecule has 2 rings (SSSR count). The number of hydrogen-bond acceptors (Lipinski definition) is 3. The molecule has 0 bridgehead atoms. The third kappa shape index (κ3) is 0.778. The van der Waals surface area contributed by atoms with Gasteiger partial charge in [-0.2, -0.15) is 0 Å². The molecule has 0 saturated carbocycles.